The summed E-state index contributed by atoms with van der Waals surface area (Å²) in [4.78, 5) is 23.5. The van der Waals surface area contributed by atoms with Gasteiger partial charge in [0.1, 0.15) is 22.8 Å². The molecule has 1 aromatic carbocycles. The van der Waals surface area contributed by atoms with Crippen LogP contribution in [-0.2, 0) is 0 Å². The van der Waals surface area contributed by atoms with Gasteiger partial charge in [0.25, 0.3) is 0 Å². The van der Waals surface area contributed by atoms with Gasteiger partial charge in [0.15, 0.2) is 12.6 Å². The molecule has 5 atom stereocenters. The molecule has 5 heteroatoms. The lowest BCUT2D eigenvalue weighted by atomic mass is 9.61. The Morgan fingerprint density at radius 2 is 1.61 bits per heavy atom. The zero-order chi connectivity index (χ0) is 24.5. The number of aldehydes is 2. The van der Waals surface area contributed by atoms with E-state index in [4.69, 9.17) is 0 Å². The van der Waals surface area contributed by atoms with Crippen LogP contribution in [0.1, 0.15) is 99.4 Å². The van der Waals surface area contributed by atoms with Crippen molar-refractivity contribution in [3.8, 4) is 17.2 Å². The fraction of sp³-hybridized carbons (Fsp3) is 0.607. The Labute approximate surface area is 196 Å². The first-order valence-corrected chi connectivity index (χ1v) is 12.2. The fourth-order valence-corrected chi connectivity index (χ4v) is 7.37. The monoisotopic (exact) mass is 453 g/mol. The van der Waals surface area contributed by atoms with Crippen LogP contribution in [0.3, 0.4) is 0 Å². The number of carbonyl (C=O) groups is 2. The minimum Gasteiger partial charge on any atom is -0.507 e. The normalized spacial score (nSPS) is 30.8. The number of phenolic OH excluding ortho intramolecular Hbond substituents is 3. The quantitative estimate of drug-likeness (QED) is 0.354. The van der Waals surface area contributed by atoms with E-state index in [2.05, 4.69) is 48.0 Å². The minimum absolute atomic E-state index is 0.222. The lowest BCUT2D eigenvalue weighted by molar-refractivity contribution is 0.111. The summed E-state index contributed by atoms with van der Waals surface area (Å²) in [6.45, 7) is 13.4. The number of fused-ring (bicyclic) bond motifs is 3. The van der Waals surface area contributed by atoms with Crippen LogP contribution < -0.4 is 0 Å². The number of phenols is 3. The Morgan fingerprint density at radius 3 is 2.12 bits per heavy atom. The van der Waals surface area contributed by atoms with Crippen molar-refractivity contribution in [2.45, 2.75) is 73.1 Å². The summed E-state index contributed by atoms with van der Waals surface area (Å²) in [7, 11) is 0. The molecule has 4 rings (SSSR count). The van der Waals surface area contributed by atoms with Crippen molar-refractivity contribution < 1.29 is 24.9 Å². The highest BCUT2D eigenvalue weighted by molar-refractivity contribution is 5.95. The lowest BCUT2D eigenvalue weighted by Gasteiger charge is -2.40. The van der Waals surface area contributed by atoms with Crippen molar-refractivity contribution in [3.63, 3.8) is 0 Å². The number of carbonyl (C=O) groups excluding carboxylic acids is 2. The van der Waals surface area contributed by atoms with Gasteiger partial charge >= 0.3 is 0 Å². The second kappa shape index (κ2) is 7.82. The van der Waals surface area contributed by atoms with Crippen LogP contribution in [0.2, 0.25) is 0 Å². The molecule has 0 aliphatic heterocycles. The van der Waals surface area contributed by atoms with Gasteiger partial charge in [-0.05, 0) is 41.9 Å². The van der Waals surface area contributed by atoms with E-state index >= 15 is 0 Å². The Kier molecular flexibility index (Phi) is 5.62. The zero-order valence-electron chi connectivity index (χ0n) is 20.6. The van der Waals surface area contributed by atoms with Gasteiger partial charge in [0.05, 0.1) is 16.7 Å². The summed E-state index contributed by atoms with van der Waals surface area (Å²) >= 11 is 0. The molecule has 2 fully saturated rings. The van der Waals surface area contributed by atoms with Gasteiger partial charge in [-0.25, -0.2) is 0 Å². The summed E-state index contributed by atoms with van der Waals surface area (Å²) in [5, 5.41) is 32.6. The summed E-state index contributed by atoms with van der Waals surface area (Å²) in [5.74, 6) is -0.104. The number of hydrogen-bond acceptors (Lipinski definition) is 5. The summed E-state index contributed by atoms with van der Waals surface area (Å²) in [5.41, 5.74) is 2.32. The smallest absolute Gasteiger partial charge is 0.157 e. The second-order valence-electron chi connectivity index (χ2n) is 11.8. The number of aromatic hydroxyl groups is 3. The van der Waals surface area contributed by atoms with Crippen LogP contribution in [-0.4, -0.2) is 27.9 Å². The molecule has 0 radical (unpaired) electrons. The van der Waals surface area contributed by atoms with Crippen molar-refractivity contribution in [1.82, 2.24) is 0 Å². The SMILES string of the molecule is CC1=C2[CH+]C[C@](C)(C(CC(C)C)c3c(O)c(C=O)c(O)c(C=O)c3O)C2[C@H]2[C@@H](CC1)C2(C)C. The summed E-state index contributed by atoms with van der Waals surface area (Å²) < 4.78 is 0. The molecule has 5 nitrogen and oxygen atoms in total. The Bertz CT molecular complexity index is 998. The maximum atomic E-state index is 11.8. The van der Waals surface area contributed by atoms with Gasteiger partial charge in [-0.3, -0.25) is 9.59 Å². The van der Waals surface area contributed by atoms with Crippen LogP contribution >= 0.6 is 0 Å². The van der Waals surface area contributed by atoms with Crippen LogP contribution in [0, 0.1) is 40.9 Å². The van der Waals surface area contributed by atoms with Gasteiger partial charge < -0.3 is 15.3 Å². The molecule has 3 aliphatic carbocycles. The van der Waals surface area contributed by atoms with Crippen molar-refractivity contribution in [1.29, 1.82) is 0 Å². The standard InChI is InChI=1S/C28H36O5/c1-14(2)11-20(21-25(32)17(12-29)24(31)18(13-30)26(21)33)28(6)10-9-16-15(3)7-8-19-23(22(16)28)27(19,4)5/h9,12-14,19-20,22-23H,7-8,10-11H2,1-6H3,(H2-,29,30,31,32,33)/p+1/t19-,20?,22?,23-,28-/m1/s1. The maximum Gasteiger partial charge on any atom is 0.157 e. The zero-order valence-corrected chi connectivity index (χ0v) is 20.6. The van der Waals surface area contributed by atoms with E-state index in [1.165, 1.54) is 17.6 Å². The number of benzene rings is 1. The highest BCUT2D eigenvalue weighted by Crippen LogP contribution is 2.74. The van der Waals surface area contributed by atoms with E-state index in [0.717, 1.165) is 12.8 Å². The molecule has 0 spiro atoms. The summed E-state index contributed by atoms with van der Waals surface area (Å²) in [6, 6.07) is 0. The van der Waals surface area contributed by atoms with Crippen LogP contribution in [0.15, 0.2) is 11.1 Å². The third-order valence-corrected chi connectivity index (χ3v) is 9.25. The maximum absolute atomic E-state index is 11.8. The Morgan fingerprint density at radius 1 is 1.03 bits per heavy atom. The van der Waals surface area contributed by atoms with Gasteiger partial charge in [-0.15, -0.1) is 0 Å². The molecule has 3 N–H and O–H groups in total. The molecule has 3 aliphatic rings. The number of rotatable bonds is 6. The van der Waals surface area contributed by atoms with Crippen LogP contribution in [0.5, 0.6) is 17.2 Å². The molecule has 2 saturated carbocycles. The van der Waals surface area contributed by atoms with Gasteiger partial charge in [0, 0.05) is 43.1 Å². The van der Waals surface area contributed by atoms with E-state index in [1.54, 1.807) is 0 Å². The largest absolute Gasteiger partial charge is 0.507 e. The predicted octanol–water partition coefficient (Wildman–Crippen LogP) is 6.17. The molecule has 0 amide bonds. The van der Waals surface area contributed by atoms with Gasteiger partial charge in [0.2, 0.25) is 0 Å². The number of allylic oxidation sites excluding steroid dienone is 2. The van der Waals surface area contributed by atoms with Gasteiger partial charge in [-0.2, -0.15) is 0 Å². The van der Waals surface area contributed by atoms with E-state index in [1.807, 2.05) is 0 Å². The summed E-state index contributed by atoms with van der Waals surface area (Å²) in [6.07, 6.45) is 6.82. The molecule has 1 aromatic rings. The van der Waals surface area contributed by atoms with Crippen LogP contribution in [0.25, 0.3) is 0 Å². The fourth-order valence-electron chi connectivity index (χ4n) is 7.37. The van der Waals surface area contributed by atoms with Crippen molar-refractivity contribution in [2.75, 3.05) is 0 Å². The van der Waals surface area contributed by atoms with Crippen molar-refractivity contribution >= 4 is 12.6 Å². The average molecular weight is 454 g/mol. The van der Waals surface area contributed by atoms with Gasteiger partial charge in [-0.1, -0.05) is 34.6 Å². The molecule has 0 heterocycles. The average Bonchev–Trinajstić information content (AvgIpc) is 3.16. The molecular weight excluding hydrogens is 416 g/mol. The first-order valence-electron chi connectivity index (χ1n) is 12.2. The van der Waals surface area contributed by atoms with E-state index < -0.39 is 17.2 Å². The predicted molar refractivity (Wildman–Crippen MR) is 128 cm³/mol. The molecule has 0 saturated heterocycles. The highest BCUT2D eigenvalue weighted by Gasteiger charge is 2.69. The number of hydrogen-bond donors (Lipinski definition) is 3. The first kappa shape index (κ1) is 23.7. The molecule has 0 aromatic heterocycles. The molecule has 2 unspecified atom stereocenters. The Hall–Kier alpha value is -2.43. The first-order chi connectivity index (χ1) is 15.4. The van der Waals surface area contributed by atoms with E-state index in [-0.39, 0.29) is 45.3 Å². The van der Waals surface area contributed by atoms with Crippen molar-refractivity contribution in [3.05, 3.63) is 34.3 Å². The molecule has 178 valence electrons. The molecule has 33 heavy (non-hydrogen) atoms. The molecular formula is C28H37O5+. The molecule has 0 bridgehead atoms. The van der Waals surface area contributed by atoms with E-state index in [9.17, 15) is 24.9 Å². The minimum atomic E-state index is -0.667. The Balaban J connectivity index is 1.96. The second-order valence-corrected chi connectivity index (χ2v) is 11.8. The topological polar surface area (TPSA) is 94.8 Å². The van der Waals surface area contributed by atoms with Crippen molar-refractivity contribution in [2.24, 2.45) is 34.5 Å². The lowest BCUT2D eigenvalue weighted by Crippen LogP contribution is -2.34. The third kappa shape index (κ3) is 3.30. The highest BCUT2D eigenvalue weighted by atomic mass is 16.3. The van der Waals surface area contributed by atoms with Crippen LogP contribution in [0.4, 0.5) is 0 Å². The van der Waals surface area contributed by atoms with E-state index in [0.29, 0.717) is 30.8 Å². The third-order valence-electron chi connectivity index (χ3n) is 9.25.